The third kappa shape index (κ3) is 6.06. The Morgan fingerprint density at radius 3 is 2.40 bits per heavy atom. The number of amides is 1. The number of nitrogens with one attached hydrogen (secondary N) is 1. The van der Waals surface area contributed by atoms with E-state index in [4.69, 9.17) is 9.84 Å². The lowest BCUT2D eigenvalue weighted by Crippen LogP contribution is -2.38. The van der Waals surface area contributed by atoms with Gasteiger partial charge in [0.05, 0.1) is 0 Å². The molecule has 2 N–H and O–H groups in total. The van der Waals surface area contributed by atoms with Gasteiger partial charge in [-0.2, -0.15) is 0 Å². The van der Waals surface area contributed by atoms with Crippen molar-refractivity contribution in [3.63, 3.8) is 0 Å². The van der Waals surface area contributed by atoms with Crippen molar-refractivity contribution >= 4 is 11.9 Å². The number of hydrogen-bond donors (Lipinski definition) is 2. The summed E-state index contributed by atoms with van der Waals surface area (Å²) in [4.78, 5) is 21.8. The monoisotopic (exact) mass is 217 g/mol. The van der Waals surface area contributed by atoms with Crippen molar-refractivity contribution < 1.29 is 19.4 Å². The number of carboxylic acid groups (broad SMARTS) is 1. The maximum Gasteiger partial charge on any atom is 0.332 e. The van der Waals surface area contributed by atoms with E-state index in [2.05, 4.69) is 5.32 Å². The molecular weight excluding hydrogens is 198 g/mol. The summed E-state index contributed by atoms with van der Waals surface area (Å²) in [7, 11) is 0. The molecule has 0 saturated heterocycles. The molecule has 0 radical (unpaired) electrons. The Balaban J connectivity index is 3.83. The zero-order valence-corrected chi connectivity index (χ0v) is 9.45. The van der Waals surface area contributed by atoms with E-state index in [1.807, 2.05) is 6.92 Å². The van der Waals surface area contributed by atoms with Crippen molar-refractivity contribution in [2.45, 2.75) is 45.8 Å². The lowest BCUT2D eigenvalue weighted by atomic mass is 10.3. The van der Waals surface area contributed by atoms with Crippen molar-refractivity contribution in [1.82, 2.24) is 5.32 Å². The van der Waals surface area contributed by atoms with E-state index in [1.54, 1.807) is 6.92 Å². The summed E-state index contributed by atoms with van der Waals surface area (Å²) >= 11 is 0. The Labute approximate surface area is 89.8 Å². The number of carbonyl (C=O) groups excluding carboxylic acids is 1. The standard InChI is InChI=1S/C10H19NO4/c1-4-5-6-11-9(12)7(2)15-8(3)10(13)14/h7-8H,4-6H2,1-3H3,(H,11,12)(H,13,14)/t7?,8-/m0/s1. The highest BCUT2D eigenvalue weighted by Crippen LogP contribution is 1.98. The van der Waals surface area contributed by atoms with E-state index in [-0.39, 0.29) is 5.91 Å². The van der Waals surface area contributed by atoms with Gasteiger partial charge in [-0.3, -0.25) is 4.79 Å². The van der Waals surface area contributed by atoms with Gasteiger partial charge in [0.25, 0.3) is 0 Å². The lowest BCUT2D eigenvalue weighted by molar-refractivity contribution is -0.155. The van der Waals surface area contributed by atoms with E-state index < -0.39 is 18.2 Å². The summed E-state index contributed by atoms with van der Waals surface area (Å²) < 4.78 is 4.99. The molecule has 0 bridgehead atoms. The highest BCUT2D eigenvalue weighted by atomic mass is 16.5. The molecular formula is C10H19NO4. The Morgan fingerprint density at radius 2 is 1.93 bits per heavy atom. The van der Waals surface area contributed by atoms with Crippen LogP contribution in [0.4, 0.5) is 0 Å². The van der Waals surface area contributed by atoms with Crippen molar-refractivity contribution in [3.05, 3.63) is 0 Å². The van der Waals surface area contributed by atoms with Gasteiger partial charge < -0.3 is 15.2 Å². The summed E-state index contributed by atoms with van der Waals surface area (Å²) in [6.45, 7) is 5.57. The Hall–Kier alpha value is -1.10. The molecule has 0 aliphatic heterocycles. The van der Waals surface area contributed by atoms with Crippen molar-refractivity contribution in [2.75, 3.05) is 6.54 Å². The Morgan fingerprint density at radius 1 is 1.33 bits per heavy atom. The molecule has 0 heterocycles. The SMILES string of the molecule is CCCCNC(=O)C(C)O[C@@H](C)C(=O)O. The second-order valence-electron chi connectivity index (χ2n) is 3.40. The number of ether oxygens (including phenoxy) is 1. The third-order valence-electron chi connectivity index (χ3n) is 1.95. The summed E-state index contributed by atoms with van der Waals surface area (Å²) in [5.74, 6) is -1.33. The van der Waals surface area contributed by atoms with Gasteiger partial charge in [0.15, 0.2) is 6.10 Å². The number of carboxylic acids is 1. The lowest BCUT2D eigenvalue weighted by Gasteiger charge is -2.15. The average molecular weight is 217 g/mol. The Kier molecular flexibility index (Phi) is 6.70. The molecule has 2 atom stereocenters. The molecule has 0 aromatic heterocycles. The molecule has 0 fully saturated rings. The highest BCUT2D eigenvalue weighted by molar-refractivity contribution is 5.81. The predicted molar refractivity (Wildman–Crippen MR) is 55.6 cm³/mol. The molecule has 1 amide bonds. The number of carbonyl (C=O) groups is 2. The molecule has 0 aromatic rings. The maximum atomic E-state index is 11.3. The van der Waals surface area contributed by atoms with Crippen molar-refractivity contribution in [3.8, 4) is 0 Å². The van der Waals surface area contributed by atoms with Gasteiger partial charge >= 0.3 is 5.97 Å². The second-order valence-corrected chi connectivity index (χ2v) is 3.40. The minimum atomic E-state index is -1.07. The van der Waals surface area contributed by atoms with E-state index >= 15 is 0 Å². The number of aliphatic carboxylic acids is 1. The van der Waals surface area contributed by atoms with Crippen LogP contribution in [0.25, 0.3) is 0 Å². The van der Waals surface area contributed by atoms with Crippen LogP contribution in [0.15, 0.2) is 0 Å². The van der Waals surface area contributed by atoms with Crippen molar-refractivity contribution in [2.24, 2.45) is 0 Å². The fourth-order valence-electron chi connectivity index (χ4n) is 0.958. The van der Waals surface area contributed by atoms with E-state index in [0.717, 1.165) is 12.8 Å². The van der Waals surface area contributed by atoms with Gasteiger partial charge in [-0.15, -0.1) is 0 Å². The van der Waals surface area contributed by atoms with Gasteiger partial charge in [0.1, 0.15) is 6.10 Å². The minimum absolute atomic E-state index is 0.267. The summed E-state index contributed by atoms with van der Waals surface area (Å²) in [5, 5.41) is 11.2. The molecule has 15 heavy (non-hydrogen) atoms. The summed E-state index contributed by atoms with van der Waals surface area (Å²) in [5.41, 5.74) is 0. The van der Waals surface area contributed by atoms with Crippen LogP contribution >= 0.6 is 0 Å². The molecule has 0 aliphatic rings. The fraction of sp³-hybridized carbons (Fsp3) is 0.800. The molecule has 0 spiro atoms. The van der Waals surface area contributed by atoms with Gasteiger partial charge in [0, 0.05) is 6.54 Å². The van der Waals surface area contributed by atoms with Crippen molar-refractivity contribution in [1.29, 1.82) is 0 Å². The first-order chi connectivity index (χ1) is 6.99. The maximum absolute atomic E-state index is 11.3. The molecule has 0 aromatic carbocycles. The molecule has 5 nitrogen and oxygen atoms in total. The average Bonchev–Trinajstić information content (AvgIpc) is 2.17. The van der Waals surface area contributed by atoms with Crippen LogP contribution in [0.1, 0.15) is 33.6 Å². The molecule has 0 saturated carbocycles. The quantitative estimate of drug-likeness (QED) is 0.618. The van der Waals surface area contributed by atoms with E-state index in [9.17, 15) is 9.59 Å². The van der Waals surface area contributed by atoms with Gasteiger partial charge in [0.2, 0.25) is 5.91 Å². The molecule has 0 aliphatic carbocycles. The number of unbranched alkanes of at least 4 members (excludes halogenated alkanes) is 1. The highest BCUT2D eigenvalue weighted by Gasteiger charge is 2.19. The fourth-order valence-corrected chi connectivity index (χ4v) is 0.958. The Bertz CT molecular complexity index is 217. The molecule has 5 heteroatoms. The van der Waals surface area contributed by atoms with Crippen LogP contribution in [-0.2, 0) is 14.3 Å². The minimum Gasteiger partial charge on any atom is -0.479 e. The number of rotatable bonds is 7. The summed E-state index contributed by atoms with van der Waals surface area (Å²) in [6, 6.07) is 0. The zero-order valence-electron chi connectivity index (χ0n) is 9.45. The van der Waals surface area contributed by atoms with Crippen LogP contribution < -0.4 is 5.32 Å². The van der Waals surface area contributed by atoms with Crippen LogP contribution in [0.5, 0.6) is 0 Å². The predicted octanol–water partition coefficient (Wildman–Crippen LogP) is 0.781. The first kappa shape index (κ1) is 13.9. The van der Waals surface area contributed by atoms with E-state index in [0.29, 0.717) is 6.54 Å². The van der Waals surface area contributed by atoms with Crippen LogP contribution in [0.2, 0.25) is 0 Å². The van der Waals surface area contributed by atoms with E-state index in [1.165, 1.54) is 6.92 Å². The first-order valence-corrected chi connectivity index (χ1v) is 5.15. The van der Waals surface area contributed by atoms with Crippen LogP contribution in [0, 0.1) is 0 Å². The van der Waals surface area contributed by atoms with Gasteiger partial charge in [-0.25, -0.2) is 4.79 Å². The number of hydrogen-bond acceptors (Lipinski definition) is 3. The first-order valence-electron chi connectivity index (χ1n) is 5.15. The van der Waals surface area contributed by atoms with Crippen LogP contribution in [0.3, 0.4) is 0 Å². The largest absolute Gasteiger partial charge is 0.479 e. The topological polar surface area (TPSA) is 75.6 Å². The molecule has 0 rings (SSSR count). The third-order valence-corrected chi connectivity index (χ3v) is 1.95. The normalized spacial score (nSPS) is 14.3. The zero-order chi connectivity index (χ0) is 11.8. The molecule has 1 unspecified atom stereocenters. The van der Waals surface area contributed by atoms with Crippen LogP contribution in [-0.4, -0.2) is 35.7 Å². The summed E-state index contributed by atoms with van der Waals surface area (Å²) in [6.07, 6.45) is 0.221. The van der Waals surface area contributed by atoms with Gasteiger partial charge in [-0.05, 0) is 20.3 Å². The smallest absolute Gasteiger partial charge is 0.332 e. The van der Waals surface area contributed by atoms with Gasteiger partial charge in [-0.1, -0.05) is 13.3 Å². The second kappa shape index (κ2) is 7.23. The molecule has 88 valence electrons.